The van der Waals surface area contributed by atoms with Crippen molar-refractivity contribution in [3.05, 3.63) is 82.9 Å². The van der Waals surface area contributed by atoms with Gasteiger partial charge in [0.05, 0.1) is 35.5 Å². The molecule has 1 N–H and O–H groups in total. The molecule has 8 nitrogen and oxygen atoms in total. The van der Waals surface area contributed by atoms with E-state index in [9.17, 15) is 14.7 Å². The highest BCUT2D eigenvalue weighted by Crippen LogP contribution is 2.45. The number of thiazole rings is 1. The quantitative estimate of drug-likeness (QED) is 0.168. The number of rotatable bonds is 7. The Morgan fingerprint density at radius 3 is 2.62 bits per heavy atom. The van der Waals surface area contributed by atoms with E-state index in [0.717, 1.165) is 22.4 Å². The predicted octanol–water partition coefficient (Wildman–Crippen LogP) is 6.04. The first-order chi connectivity index (χ1) is 19.4. The molecule has 1 amide bonds. The summed E-state index contributed by atoms with van der Waals surface area (Å²) in [5.41, 5.74) is 2.74. The van der Waals surface area contributed by atoms with Crippen molar-refractivity contribution >= 4 is 44.1 Å². The van der Waals surface area contributed by atoms with Gasteiger partial charge in [0.25, 0.3) is 5.78 Å². The maximum absolute atomic E-state index is 13.6. The number of benzene rings is 3. The second-order valence-electron chi connectivity index (χ2n) is 9.87. The van der Waals surface area contributed by atoms with E-state index in [1.807, 2.05) is 56.3 Å². The van der Waals surface area contributed by atoms with Crippen molar-refractivity contribution < 1.29 is 28.9 Å². The van der Waals surface area contributed by atoms with Crippen molar-refractivity contribution in [2.75, 3.05) is 18.6 Å². The summed E-state index contributed by atoms with van der Waals surface area (Å²) in [5.74, 6) is 0.356. The maximum Gasteiger partial charge on any atom is 0.301 e. The third-order valence-electron chi connectivity index (χ3n) is 7.07. The first-order valence-electron chi connectivity index (χ1n) is 13.2. The summed E-state index contributed by atoms with van der Waals surface area (Å²) in [4.78, 5) is 33.3. The van der Waals surface area contributed by atoms with E-state index in [1.54, 1.807) is 25.3 Å². The minimum Gasteiger partial charge on any atom is -0.507 e. The van der Waals surface area contributed by atoms with Crippen LogP contribution in [0.15, 0.2) is 66.2 Å². The lowest BCUT2D eigenvalue weighted by molar-refractivity contribution is -0.132. The van der Waals surface area contributed by atoms with Gasteiger partial charge in [0, 0.05) is 12.0 Å². The van der Waals surface area contributed by atoms with E-state index >= 15 is 0 Å². The average Bonchev–Trinajstić information content (AvgIpc) is 3.63. The fraction of sp³-hybridized carbons (Fsp3) is 0.258. The zero-order valence-corrected chi connectivity index (χ0v) is 23.2. The molecule has 2 atom stereocenters. The Morgan fingerprint density at radius 2 is 1.88 bits per heavy atom. The zero-order valence-electron chi connectivity index (χ0n) is 22.3. The molecular weight excluding hydrogens is 528 g/mol. The van der Waals surface area contributed by atoms with Gasteiger partial charge in [0.1, 0.15) is 29.1 Å². The molecule has 4 aromatic rings. The molecule has 0 bridgehead atoms. The standard InChI is InChI=1S/C31H28N2O6S/c1-4-13-38-21-8-5-18(6-9-21)27-26(28(34)19-7-12-24-20(15-19)14-17(2)39-24)29(35)30(36)33(27)31-32-23-11-10-22(37-3)16-25(23)40-31/h5-12,15-17,27,34H,4,13-14H2,1-3H3/t17-,27+/m1/s1. The molecule has 1 aromatic heterocycles. The number of anilines is 1. The number of nitrogens with zero attached hydrogens (tertiary/aromatic N) is 2. The Kier molecular flexibility index (Phi) is 6.67. The second kappa shape index (κ2) is 10.3. The van der Waals surface area contributed by atoms with Crippen LogP contribution in [0.5, 0.6) is 17.2 Å². The lowest BCUT2D eigenvalue weighted by Gasteiger charge is -2.23. The SMILES string of the molecule is CCCOc1ccc([C@H]2C(=C(O)c3ccc4c(c3)C[C@@H](C)O4)C(=O)C(=O)N2c2nc3ccc(OC)cc3s2)cc1. The molecule has 3 aromatic carbocycles. The van der Waals surface area contributed by atoms with E-state index in [1.165, 1.54) is 16.2 Å². The van der Waals surface area contributed by atoms with Crippen molar-refractivity contribution in [3.8, 4) is 17.2 Å². The normalized spacial score (nSPS) is 19.6. The molecule has 0 aliphatic carbocycles. The molecule has 1 fully saturated rings. The summed E-state index contributed by atoms with van der Waals surface area (Å²) >= 11 is 1.28. The fourth-order valence-electron chi connectivity index (χ4n) is 5.16. The smallest absolute Gasteiger partial charge is 0.301 e. The number of methoxy groups -OCH3 is 1. The van der Waals surface area contributed by atoms with Crippen LogP contribution in [0, 0.1) is 0 Å². The number of aliphatic hydroxyl groups excluding tert-OH is 1. The van der Waals surface area contributed by atoms with Crippen molar-refractivity contribution in [1.29, 1.82) is 0 Å². The van der Waals surface area contributed by atoms with Gasteiger partial charge in [0.15, 0.2) is 5.13 Å². The number of ether oxygens (including phenoxy) is 3. The number of aromatic nitrogens is 1. The summed E-state index contributed by atoms with van der Waals surface area (Å²) in [7, 11) is 1.58. The highest BCUT2D eigenvalue weighted by atomic mass is 32.1. The molecule has 9 heteroatoms. The molecule has 0 unspecified atom stereocenters. The molecular formula is C31H28N2O6S. The van der Waals surface area contributed by atoms with E-state index < -0.39 is 17.7 Å². The van der Waals surface area contributed by atoms with E-state index in [-0.39, 0.29) is 17.4 Å². The molecule has 0 radical (unpaired) electrons. The van der Waals surface area contributed by atoms with E-state index in [2.05, 4.69) is 4.98 Å². The molecule has 1 saturated heterocycles. The van der Waals surface area contributed by atoms with Crippen LogP contribution in [0.4, 0.5) is 5.13 Å². The van der Waals surface area contributed by atoms with Crippen molar-refractivity contribution in [1.82, 2.24) is 4.98 Å². The van der Waals surface area contributed by atoms with Crippen molar-refractivity contribution in [3.63, 3.8) is 0 Å². The van der Waals surface area contributed by atoms with Gasteiger partial charge in [-0.15, -0.1) is 0 Å². The van der Waals surface area contributed by atoms with Gasteiger partial charge in [0.2, 0.25) is 0 Å². The number of ketones is 1. The third kappa shape index (κ3) is 4.46. The monoisotopic (exact) mass is 556 g/mol. The highest BCUT2D eigenvalue weighted by Gasteiger charge is 2.48. The van der Waals surface area contributed by atoms with Crippen LogP contribution in [0.2, 0.25) is 0 Å². The topological polar surface area (TPSA) is 98.2 Å². The Labute approximate surface area is 235 Å². The zero-order chi connectivity index (χ0) is 28.0. The molecule has 6 rings (SSSR count). The van der Waals surface area contributed by atoms with Gasteiger partial charge in [-0.1, -0.05) is 30.4 Å². The van der Waals surface area contributed by atoms with Crippen LogP contribution < -0.4 is 19.1 Å². The number of fused-ring (bicyclic) bond motifs is 2. The molecule has 3 heterocycles. The van der Waals surface area contributed by atoms with Crippen LogP contribution in [-0.4, -0.2) is 41.6 Å². The molecule has 40 heavy (non-hydrogen) atoms. The molecule has 0 saturated carbocycles. The summed E-state index contributed by atoms with van der Waals surface area (Å²) in [5, 5.41) is 11.9. The number of carbonyl (C=O) groups is 2. The Hall–Kier alpha value is -4.37. The van der Waals surface area contributed by atoms with Crippen LogP contribution >= 0.6 is 11.3 Å². The number of hydrogen-bond donors (Lipinski definition) is 1. The number of hydrogen-bond acceptors (Lipinski definition) is 8. The minimum atomic E-state index is -0.883. The lowest BCUT2D eigenvalue weighted by atomic mass is 9.94. The van der Waals surface area contributed by atoms with Gasteiger partial charge in [-0.05, 0) is 73.0 Å². The number of carbonyl (C=O) groups excluding carboxylic acids is 2. The molecule has 204 valence electrons. The van der Waals surface area contributed by atoms with Crippen molar-refractivity contribution in [2.24, 2.45) is 0 Å². The van der Waals surface area contributed by atoms with E-state index in [0.29, 0.717) is 46.3 Å². The summed E-state index contributed by atoms with van der Waals surface area (Å²) in [6.45, 7) is 4.58. The van der Waals surface area contributed by atoms with Gasteiger partial charge in [-0.25, -0.2) is 4.98 Å². The maximum atomic E-state index is 13.6. The van der Waals surface area contributed by atoms with Crippen LogP contribution in [0.1, 0.15) is 43.0 Å². The third-order valence-corrected chi connectivity index (χ3v) is 8.09. The molecule has 2 aliphatic rings. The van der Waals surface area contributed by atoms with Gasteiger partial charge >= 0.3 is 5.91 Å². The highest BCUT2D eigenvalue weighted by molar-refractivity contribution is 7.22. The van der Waals surface area contributed by atoms with Crippen LogP contribution in [0.3, 0.4) is 0 Å². The van der Waals surface area contributed by atoms with E-state index in [4.69, 9.17) is 14.2 Å². The predicted molar refractivity (Wildman–Crippen MR) is 153 cm³/mol. The summed E-state index contributed by atoms with van der Waals surface area (Å²) in [6.07, 6.45) is 1.60. The average molecular weight is 557 g/mol. The largest absolute Gasteiger partial charge is 0.507 e. The minimum absolute atomic E-state index is 0.0102. The summed E-state index contributed by atoms with van der Waals surface area (Å²) < 4.78 is 17.7. The number of amides is 1. The molecule has 2 aliphatic heterocycles. The first-order valence-corrected chi connectivity index (χ1v) is 14.0. The van der Waals surface area contributed by atoms with Crippen molar-refractivity contribution in [2.45, 2.75) is 38.8 Å². The summed E-state index contributed by atoms with van der Waals surface area (Å²) in [6, 6.07) is 17.1. The lowest BCUT2D eigenvalue weighted by Crippen LogP contribution is -2.29. The Balaban J connectivity index is 1.49. The van der Waals surface area contributed by atoms with Gasteiger partial charge < -0.3 is 19.3 Å². The Bertz CT molecular complexity index is 1660. The second-order valence-corrected chi connectivity index (χ2v) is 10.9. The first kappa shape index (κ1) is 25.9. The number of aliphatic hydroxyl groups is 1. The van der Waals surface area contributed by atoms with Gasteiger partial charge in [-0.2, -0.15) is 0 Å². The molecule has 0 spiro atoms. The van der Waals surface area contributed by atoms with Crippen LogP contribution in [-0.2, 0) is 16.0 Å². The Morgan fingerprint density at radius 1 is 1.10 bits per heavy atom. The number of Topliss-reactive ketones (excluding diaryl/α,β-unsaturated/α-hetero) is 1. The van der Waals surface area contributed by atoms with Crippen LogP contribution in [0.25, 0.3) is 16.0 Å². The van der Waals surface area contributed by atoms with Gasteiger partial charge in [-0.3, -0.25) is 14.5 Å². The fourth-order valence-corrected chi connectivity index (χ4v) is 6.18.